The van der Waals surface area contributed by atoms with Gasteiger partial charge < -0.3 is 10.5 Å². The Morgan fingerprint density at radius 1 is 1.30 bits per heavy atom. The van der Waals surface area contributed by atoms with Gasteiger partial charge in [0.25, 0.3) is 0 Å². The second-order valence-electron chi connectivity index (χ2n) is 5.31. The highest BCUT2D eigenvalue weighted by Gasteiger charge is 2.30. The van der Waals surface area contributed by atoms with Gasteiger partial charge in [0.1, 0.15) is 11.6 Å². The van der Waals surface area contributed by atoms with Crippen LogP contribution in [-0.2, 0) is 12.0 Å². The second kappa shape index (κ2) is 4.87. The number of halogens is 1. The van der Waals surface area contributed by atoms with Gasteiger partial charge in [0.05, 0.1) is 24.0 Å². The number of nitrogens with two attached hydrogens (primary N) is 1. The SMILES string of the molecule is CC(N)(c1ccc(F)cn1)c1cccc2c1OCCC2. The summed E-state index contributed by atoms with van der Waals surface area (Å²) in [6.45, 7) is 2.58. The summed E-state index contributed by atoms with van der Waals surface area (Å²) in [7, 11) is 0. The minimum absolute atomic E-state index is 0.365. The summed E-state index contributed by atoms with van der Waals surface area (Å²) in [5.41, 5.74) is 8.36. The molecular weight excluding hydrogens is 255 g/mol. The van der Waals surface area contributed by atoms with Gasteiger partial charge in [-0.1, -0.05) is 18.2 Å². The zero-order chi connectivity index (χ0) is 14.2. The van der Waals surface area contributed by atoms with Crippen LogP contribution in [0.3, 0.4) is 0 Å². The van der Waals surface area contributed by atoms with E-state index in [2.05, 4.69) is 11.1 Å². The fourth-order valence-corrected chi connectivity index (χ4v) is 2.62. The van der Waals surface area contributed by atoms with E-state index in [0.717, 1.165) is 24.2 Å². The van der Waals surface area contributed by atoms with E-state index in [1.54, 1.807) is 6.07 Å². The van der Waals surface area contributed by atoms with Crippen LogP contribution in [0.15, 0.2) is 36.5 Å². The molecule has 2 aromatic rings. The normalized spacial score (nSPS) is 16.9. The van der Waals surface area contributed by atoms with E-state index < -0.39 is 5.54 Å². The van der Waals surface area contributed by atoms with Crippen molar-refractivity contribution in [3.8, 4) is 5.75 Å². The third-order valence-electron chi connectivity index (χ3n) is 3.75. The van der Waals surface area contributed by atoms with E-state index >= 15 is 0 Å². The quantitative estimate of drug-likeness (QED) is 0.914. The van der Waals surface area contributed by atoms with Crippen molar-refractivity contribution in [1.29, 1.82) is 0 Å². The molecule has 0 bridgehead atoms. The van der Waals surface area contributed by atoms with Crippen LogP contribution in [0.2, 0.25) is 0 Å². The molecule has 0 spiro atoms. The van der Waals surface area contributed by atoms with Gasteiger partial charge >= 0.3 is 0 Å². The van der Waals surface area contributed by atoms with Gasteiger partial charge in [0.15, 0.2) is 0 Å². The van der Waals surface area contributed by atoms with Gasteiger partial charge in [0.2, 0.25) is 0 Å². The number of benzene rings is 1. The molecular formula is C16H17FN2O. The first kappa shape index (κ1) is 13.1. The lowest BCUT2D eigenvalue weighted by atomic mass is 9.86. The number of aryl methyl sites for hydroxylation is 1. The number of pyridine rings is 1. The van der Waals surface area contributed by atoms with Crippen LogP contribution < -0.4 is 10.5 Å². The Bertz CT molecular complexity index is 623. The molecule has 1 aromatic heterocycles. The Morgan fingerprint density at radius 2 is 2.15 bits per heavy atom. The summed E-state index contributed by atoms with van der Waals surface area (Å²) in [6, 6.07) is 9.00. The number of para-hydroxylation sites is 1. The Hall–Kier alpha value is -1.94. The molecule has 1 aliphatic rings. The van der Waals surface area contributed by atoms with Gasteiger partial charge in [-0.05, 0) is 37.5 Å². The summed E-state index contributed by atoms with van der Waals surface area (Å²) in [6.07, 6.45) is 3.21. The summed E-state index contributed by atoms with van der Waals surface area (Å²) in [5, 5.41) is 0. The first-order valence-electron chi connectivity index (χ1n) is 6.75. The van der Waals surface area contributed by atoms with Crippen LogP contribution in [0, 0.1) is 5.82 Å². The molecule has 0 amide bonds. The lowest BCUT2D eigenvalue weighted by molar-refractivity contribution is 0.280. The Morgan fingerprint density at radius 3 is 2.90 bits per heavy atom. The maximum atomic E-state index is 13.0. The van der Waals surface area contributed by atoms with Crippen molar-refractivity contribution in [2.24, 2.45) is 5.73 Å². The van der Waals surface area contributed by atoms with Gasteiger partial charge in [-0.15, -0.1) is 0 Å². The maximum Gasteiger partial charge on any atom is 0.141 e. The third-order valence-corrected chi connectivity index (χ3v) is 3.75. The number of aromatic nitrogens is 1. The molecule has 20 heavy (non-hydrogen) atoms. The van der Waals surface area contributed by atoms with E-state index in [1.165, 1.54) is 17.8 Å². The van der Waals surface area contributed by atoms with E-state index in [-0.39, 0.29) is 5.82 Å². The van der Waals surface area contributed by atoms with Gasteiger partial charge in [-0.25, -0.2) is 4.39 Å². The average Bonchev–Trinajstić information content (AvgIpc) is 2.47. The molecule has 1 unspecified atom stereocenters. The number of fused-ring (bicyclic) bond motifs is 1. The van der Waals surface area contributed by atoms with Crippen LogP contribution >= 0.6 is 0 Å². The molecule has 0 saturated carbocycles. The maximum absolute atomic E-state index is 13.0. The molecule has 1 atom stereocenters. The molecule has 1 aromatic carbocycles. The molecule has 0 radical (unpaired) electrons. The number of hydrogen-bond acceptors (Lipinski definition) is 3. The fourth-order valence-electron chi connectivity index (χ4n) is 2.62. The molecule has 3 rings (SSSR count). The van der Waals surface area contributed by atoms with Crippen molar-refractivity contribution >= 4 is 0 Å². The molecule has 1 aliphatic heterocycles. The third kappa shape index (κ3) is 2.16. The highest BCUT2D eigenvalue weighted by Crippen LogP contribution is 2.37. The monoisotopic (exact) mass is 272 g/mol. The van der Waals surface area contributed by atoms with Crippen LogP contribution in [0.5, 0.6) is 5.75 Å². The Labute approximate surface area is 117 Å². The lowest BCUT2D eigenvalue weighted by Crippen LogP contribution is -2.36. The van der Waals surface area contributed by atoms with Crippen LogP contribution in [0.25, 0.3) is 0 Å². The van der Waals surface area contributed by atoms with Gasteiger partial charge in [0, 0.05) is 5.56 Å². The van der Waals surface area contributed by atoms with Crippen molar-refractivity contribution in [1.82, 2.24) is 4.98 Å². The predicted octanol–water partition coefficient (Wildman–Crippen LogP) is 2.77. The summed E-state index contributed by atoms with van der Waals surface area (Å²) < 4.78 is 18.8. The van der Waals surface area contributed by atoms with E-state index in [9.17, 15) is 4.39 Å². The van der Waals surface area contributed by atoms with Crippen LogP contribution in [-0.4, -0.2) is 11.6 Å². The highest BCUT2D eigenvalue weighted by molar-refractivity contribution is 5.49. The molecule has 0 fully saturated rings. The molecule has 0 saturated heterocycles. The Kier molecular flexibility index (Phi) is 3.18. The van der Waals surface area contributed by atoms with Crippen molar-refractivity contribution < 1.29 is 9.13 Å². The molecule has 0 aliphatic carbocycles. The number of nitrogens with zero attached hydrogens (tertiary/aromatic N) is 1. The zero-order valence-electron chi connectivity index (χ0n) is 11.4. The van der Waals surface area contributed by atoms with Gasteiger partial charge in [-0.3, -0.25) is 4.98 Å². The molecule has 2 N–H and O–H groups in total. The zero-order valence-corrected chi connectivity index (χ0v) is 11.4. The van der Waals surface area contributed by atoms with E-state index in [4.69, 9.17) is 10.5 Å². The smallest absolute Gasteiger partial charge is 0.141 e. The summed E-state index contributed by atoms with van der Waals surface area (Å²) in [5.74, 6) is 0.491. The summed E-state index contributed by atoms with van der Waals surface area (Å²) in [4.78, 5) is 4.12. The molecule has 3 nitrogen and oxygen atoms in total. The topological polar surface area (TPSA) is 48.1 Å². The van der Waals surface area contributed by atoms with Gasteiger partial charge in [-0.2, -0.15) is 0 Å². The predicted molar refractivity (Wildman–Crippen MR) is 75.1 cm³/mol. The van der Waals surface area contributed by atoms with E-state index in [1.807, 2.05) is 19.1 Å². The van der Waals surface area contributed by atoms with E-state index in [0.29, 0.717) is 12.3 Å². The first-order valence-corrected chi connectivity index (χ1v) is 6.75. The number of rotatable bonds is 2. The van der Waals surface area contributed by atoms with Crippen molar-refractivity contribution in [2.45, 2.75) is 25.3 Å². The number of hydrogen-bond donors (Lipinski definition) is 1. The lowest BCUT2D eigenvalue weighted by Gasteiger charge is -2.30. The van der Waals surface area contributed by atoms with Crippen molar-refractivity contribution in [2.75, 3.05) is 6.61 Å². The van der Waals surface area contributed by atoms with Crippen molar-refractivity contribution in [3.05, 3.63) is 59.2 Å². The second-order valence-corrected chi connectivity index (χ2v) is 5.31. The first-order chi connectivity index (χ1) is 9.59. The standard InChI is InChI=1S/C16H17FN2O/c1-16(18,14-8-7-12(17)10-19-14)13-6-2-4-11-5-3-9-20-15(11)13/h2,4,6-8,10H,3,5,9,18H2,1H3. The molecule has 2 heterocycles. The van der Waals surface area contributed by atoms with Crippen LogP contribution in [0.1, 0.15) is 30.2 Å². The Balaban J connectivity index is 2.09. The van der Waals surface area contributed by atoms with Crippen molar-refractivity contribution in [3.63, 3.8) is 0 Å². The molecule has 104 valence electrons. The summed E-state index contributed by atoms with van der Waals surface area (Å²) >= 11 is 0. The number of ether oxygens (including phenoxy) is 1. The average molecular weight is 272 g/mol. The minimum Gasteiger partial charge on any atom is -0.493 e. The minimum atomic E-state index is -0.809. The fraction of sp³-hybridized carbons (Fsp3) is 0.312. The highest BCUT2D eigenvalue weighted by atomic mass is 19.1. The largest absolute Gasteiger partial charge is 0.493 e. The molecule has 4 heteroatoms. The van der Waals surface area contributed by atoms with Crippen LogP contribution in [0.4, 0.5) is 4.39 Å².